The van der Waals surface area contributed by atoms with Crippen molar-refractivity contribution in [3.63, 3.8) is 0 Å². The van der Waals surface area contributed by atoms with Crippen LogP contribution in [0.25, 0.3) is 21.5 Å². The van der Waals surface area contributed by atoms with Crippen LogP contribution in [-0.2, 0) is 23.4 Å². The summed E-state index contributed by atoms with van der Waals surface area (Å²) in [6, 6.07) is 33.4. The minimum absolute atomic E-state index is 0.925. The Kier molecular flexibility index (Phi) is 19.7. The minimum atomic E-state index is -3.19. The minimum Gasteiger partial charge on any atom is -0.274 e. The Labute approximate surface area is 216 Å². The second-order valence-corrected chi connectivity index (χ2v) is 11.0. The first-order chi connectivity index (χ1) is 16.5. The fraction of sp³-hybridized carbons (Fsp3) is 0.259. The summed E-state index contributed by atoms with van der Waals surface area (Å²) in [7, 11) is -0.734. The fourth-order valence-electron chi connectivity index (χ4n) is 2.27. The maximum atomic E-state index is 9.78. The lowest BCUT2D eigenvalue weighted by Crippen LogP contribution is -1.95. The topological polar surface area (TPSA) is 77.5 Å². The van der Waals surface area contributed by atoms with Gasteiger partial charge in [0, 0.05) is 10.7 Å². The second-order valence-electron chi connectivity index (χ2n) is 6.25. The van der Waals surface area contributed by atoms with Gasteiger partial charge < -0.3 is 0 Å². The molecule has 4 rings (SSSR count). The Morgan fingerprint density at radius 3 is 0.714 bits per heavy atom. The Morgan fingerprint density at radius 2 is 0.629 bits per heavy atom. The Bertz CT molecular complexity index is 1080. The van der Waals surface area contributed by atoms with Crippen LogP contribution in [0.5, 0.6) is 0 Å². The van der Waals surface area contributed by atoms with Crippen LogP contribution < -0.4 is 0 Å². The summed E-state index contributed by atoms with van der Waals surface area (Å²) in [5, 5.41) is 5.24. The molecule has 0 spiro atoms. The van der Waals surface area contributed by atoms with Crippen LogP contribution in [0.1, 0.15) is 27.7 Å². The van der Waals surface area contributed by atoms with Gasteiger partial charge in [0.15, 0.2) is 0 Å². The molecule has 0 heterocycles. The van der Waals surface area contributed by atoms with E-state index in [1.807, 2.05) is 27.7 Å². The smallest absolute Gasteiger partial charge is 0.264 e. The lowest BCUT2D eigenvalue weighted by molar-refractivity contribution is 0.403. The summed E-state index contributed by atoms with van der Waals surface area (Å²) in [4.78, 5) is 0. The fourth-order valence-corrected chi connectivity index (χ4v) is 2.27. The number of hydrogen-bond acceptors (Lipinski definition) is 5. The lowest BCUT2D eigenvalue weighted by Gasteiger charge is -1.92. The van der Waals surface area contributed by atoms with Crippen LogP contribution in [0.15, 0.2) is 97.1 Å². The molecule has 0 N–H and O–H groups in total. The zero-order valence-corrected chi connectivity index (χ0v) is 23.9. The van der Waals surface area contributed by atoms with Gasteiger partial charge in [0.1, 0.15) is 0 Å². The molecule has 35 heavy (non-hydrogen) atoms. The van der Waals surface area contributed by atoms with Crippen LogP contribution in [0.3, 0.4) is 0 Å². The molecule has 0 bridgehead atoms. The highest BCUT2D eigenvalue weighted by Gasteiger charge is 1.90. The number of hydrogen-bond donors (Lipinski definition) is 0. The first-order valence-electron chi connectivity index (χ1n) is 11.0. The second kappa shape index (κ2) is 19.8. The van der Waals surface area contributed by atoms with Gasteiger partial charge >= 0.3 is 0 Å². The van der Waals surface area contributed by atoms with Crippen LogP contribution in [0.2, 0.25) is 0 Å². The molecule has 4 aromatic carbocycles. The van der Waals surface area contributed by atoms with E-state index < -0.39 is 19.2 Å². The van der Waals surface area contributed by atoms with Crippen molar-refractivity contribution in [2.24, 2.45) is 0 Å². The van der Waals surface area contributed by atoms with E-state index in [9.17, 15) is 16.8 Å². The number of rotatable bonds is 1. The molecule has 0 unspecified atom stereocenters. The molecule has 0 aliphatic heterocycles. The lowest BCUT2D eigenvalue weighted by atomic mass is 10.1. The molecule has 0 aromatic heterocycles. The molecule has 0 saturated heterocycles. The van der Waals surface area contributed by atoms with Crippen LogP contribution in [0, 0.1) is 0 Å². The molecule has 0 aliphatic rings. The molecule has 0 aliphatic carbocycles. The number of halogens is 1. The van der Waals surface area contributed by atoms with Crippen molar-refractivity contribution < 1.29 is 21.0 Å². The first kappa shape index (κ1) is 34.7. The maximum absolute atomic E-state index is 9.78. The van der Waals surface area contributed by atoms with Crippen molar-refractivity contribution in [3.05, 3.63) is 97.1 Å². The van der Waals surface area contributed by atoms with Crippen molar-refractivity contribution in [2.45, 2.75) is 27.7 Å². The van der Waals surface area contributed by atoms with E-state index in [4.69, 9.17) is 0 Å². The highest BCUT2D eigenvalue weighted by molar-refractivity contribution is 8.13. The summed E-state index contributed by atoms with van der Waals surface area (Å²) in [5.41, 5.74) is 0. The molecular weight excluding hydrogens is 504 g/mol. The van der Waals surface area contributed by atoms with Gasteiger partial charge in [-0.25, -0.2) is 8.42 Å². The molecule has 5 nitrogen and oxygen atoms in total. The third-order valence-electron chi connectivity index (χ3n) is 3.62. The zero-order valence-electron chi connectivity index (χ0n) is 21.5. The summed E-state index contributed by atoms with van der Waals surface area (Å²) < 4.78 is 42.3. The average molecular weight is 541 g/mol. The van der Waals surface area contributed by atoms with E-state index in [-0.39, 0.29) is 0 Å². The maximum Gasteiger partial charge on any atom is 0.264 e. The molecule has 0 atom stereocenters. The normalized spacial score (nSPS) is 9.71. The van der Waals surface area contributed by atoms with E-state index in [0.717, 1.165) is 19.6 Å². The van der Waals surface area contributed by atoms with Gasteiger partial charge in [0.2, 0.25) is 9.05 Å². The first-order valence-corrected chi connectivity index (χ1v) is 15.6. The molecule has 0 amide bonds. The highest BCUT2D eigenvalue weighted by Crippen LogP contribution is 2.12. The third-order valence-corrected chi connectivity index (χ3v) is 4.23. The van der Waals surface area contributed by atoms with Crippen LogP contribution >= 0.6 is 10.7 Å². The van der Waals surface area contributed by atoms with E-state index >= 15 is 0 Å². The van der Waals surface area contributed by atoms with Gasteiger partial charge in [0.25, 0.3) is 10.1 Å². The van der Waals surface area contributed by atoms with Crippen LogP contribution in [0.4, 0.5) is 0 Å². The summed E-state index contributed by atoms with van der Waals surface area (Å²) in [5.74, 6) is 0. The SMILES string of the molecule is CC.CC.COS(C)(=O)=O.CS(=O)(=O)Cl.c1ccc2ccccc2c1.c1ccc2ccccc2c1. The average Bonchev–Trinajstić information content (AvgIpc) is 2.86. The predicted molar refractivity (Wildman–Crippen MR) is 153 cm³/mol. The Hall–Kier alpha value is -2.45. The van der Waals surface area contributed by atoms with Crippen molar-refractivity contribution in [1.29, 1.82) is 0 Å². The van der Waals surface area contributed by atoms with Crippen molar-refractivity contribution in [3.8, 4) is 0 Å². The summed E-state index contributed by atoms with van der Waals surface area (Å²) in [6.45, 7) is 8.00. The zero-order chi connectivity index (χ0) is 27.3. The van der Waals surface area contributed by atoms with Crippen molar-refractivity contribution in [2.75, 3.05) is 19.6 Å². The molecule has 0 fully saturated rings. The molecule has 4 aromatic rings. The molecular formula is C27H37ClO5S2. The van der Waals surface area contributed by atoms with E-state index in [2.05, 4.69) is 112 Å². The third kappa shape index (κ3) is 20.6. The highest BCUT2D eigenvalue weighted by atomic mass is 35.7. The predicted octanol–water partition coefficient (Wildman–Crippen LogP) is 7.51. The van der Waals surface area contributed by atoms with Crippen molar-refractivity contribution in [1.82, 2.24) is 0 Å². The summed E-state index contributed by atoms with van der Waals surface area (Å²) in [6.07, 6.45) is 1.92. The quantitative estimate of drug-likeness (QED) is 0.184. The summed E-state index contributed by atoms with van der Waals surface area (Å²) >= 11 is 0. The van der Waals surface area contributed by atoms with Gasteiger partial charge in [-0.2, -0.15) is 8.42 Å². The van der Waals surface area contributed by atoms with Crippen molar-refractivity contribution >= 4 is 51.4 Å². The Balaban J connectivity index is 0. The number of fused-ring (bicyclic) bond motifs is 2. The molecule has 8 heteroatoms. The van der Waals surface area contributed by atoms with Gasteiger partial charge in [0.05, 0.1) is 19.6 Å². The van der Waals surface area contributed by atoms with Gasteiger partial charge in [-0.05, 0) is 21.5 Å². The van der Waals surface area contributed by atoms with E-state index in [0.29, 0.717) is 0 Å². The monoisotopic (exact) mass is 540 g/mol. The standard InChI is InChI=1S/2C10H8.C2H6O3S.2C2H6.CH3ClO2S/c2*1-2-6-10-8-4-3-7-9(10)5-1;1-5-6(2,3)4;2*1-2;1-5(2,3)4/h2*1-8H;1-2H3;2*1-2H3;1H3. The van der Waals surface area contributed by atoms with Gasteiger partial charge in [-0.3, -0.25) is 4.18 Å². The molecule has 0 radical (unpaired) electrons. The van der Waals surface area contributed by atoms with Crippen LogP contribution in [-0.4, -0.2) is 36.5 Å². The van der Waals surface area contributed by atoms with E-state index in [1.54, 1.807) is 0 Å². The van der Waals surface area contributed by atoms with Gasteiger partial charge in [-0.15, -0.1) is 0 Å². The molecule has 0 saturated carbocycles. The van der Waals surface area contributed by atoms with Gasteiger partial charge in [-0.1, -0.05) is 125 Å². The number of benzene rings is 4. The van der Waals surface area contributed by atoms with E-state index in [1.165, 1.54) is 21.5 Å². The molecule has 194 valence electrons. The Morgan fingerprint density at radius 1 is 0.514 bits per heavy atom. The largest absolute Gasteiger partial charge is 0.274 e.